The van der Waals surface area contributed by atoms with Crippen LogP contribution < -0.4 is 4.90 Å². The zero-order valence-corrected chi connectivity index (χ0v) is 11.0. The lowest BCUT2D eigenvalue weighted by Crippen LogP contribution is -2.33. The molecule has 1 saturated carbocycles. The Morgan fingerprint density at radius 3 is 2.71 bits per heavy atom. The smallest absolute Gasteiger partial charge is 0.129 e. The highest BCUT2D eigenvalue weighted by atomic mass is 35.5. The Bertz CT molecular complexity index is 376. The summed E-state index contributed by atoms with van der Waals surface area (Å²) >= 11 is 5.86. The molecule has 1 aliphatic carbocycles. The summed E-state index contributed by atoms with van der Waals surface area (Å²) in [5.41, 5.74) is 1.60. The van der Waals surface area contributed by atoms with Crippen molar-refractivity contribution in [3.63, 3.8) is 0 Å². The lowest BCUT2D eigenvalue weighted by Gasteiger charge is -2.34. The van der Waals surface area contributed by atoms with Crippen molar-refractivity contribution >= 4 is 17.3 Å². The summed E-state index contributed by atoms with van der Waals surface area (Å²) in [7, 11) is 0. The maximum absolute atomic E-state index is 13.7. The summed E-state index contributed by atoms with van der Waals surface area (Å²) in [6, 6.07) is 5.23. The summed E-state index contributed by atoms with van der Waals surface area (Å²) in [5.74, 6) is 0.828. The van der Waals surface area contributed by atoms with E-state index in [2.05, 4.69) is 11.8 Å². The molecule has 0 N–H and O–H groups in total. The molecular weight excluding hydrogens is 237 g/mol. The summed E-state index contributed by atoms with van der Waals surface area (Å²) in [6.07, 6.45) is 3.96. The van der Waals surface area contributed by atoms with Gasteiger partial charge >= 0.3 is 0 Å². The third-order valence-corrected chi connectivity index (χ3v) is 3.92. The molecule has 0 amide bonds. The maximum atomic E-state index is 13.7. The van der Waals surface area contributed by atoms with Crippen molar-refractivity contribution in [1.82, 2.24) is 0 Å². The number of halogens is 2. The van der Waals surface area contributed by atoms with E-state index in [1.807, 2.05) is 6.07 Å². The van der Waals surface area contributed by atoms with Crippen LogP contribution in [0.2, 0.25) is 0 Å². The van der Waals surface area contributed by atoms with Gasteiger partial charge in [0, 0.05) is 24.3 Å². The monoisotopic (exact) mass is 255 g/mol. The average Bonchev–Trinajstić information content (AvgIpc) is 2.28. The van der Waals surface area contributed by atoms with Crippen molar-refractivity contribution in [2.75, 3.05) is 18.0 Å². The molecule has 2 rings (SSSR count). The minimum atomic E-state index is -0.190. The molecule has 1 fully saturated rings. The van der Waals surface area contributed by atoms with Gasteiger partial charge in [-0.3, -0.25) is 0 Å². The normalized spacial score (nSPS) is 15.7. The Morgan fingerprint density at radius 2 is 2.18 bits per heavy atom. The first-order chi connectivity index (χ1) is 8.26. The van der Waals surface area contributed by atoms with Gasteiger partial charge in [0.15, 0.2) is 0 Å². The molecule has 0 spiro atoms. The molecule has 0 heterocycles. The molecule has 1 aromatic carbocycles. The molecule has 17 heavy (non-hydrogen) atoms. The maximum Gasteiger partial charge on any atom is 0.129 e. The van der Waals surface area contributed by atoms with Crippen molar-refractivity contribution in [3.8, 4) is 0 Å². The van der Waals surface area contributed by atoms with Crippen LogP contribution in [0.15, 0.2) is 18.2 Å². The van der Waals surface area contributed by atoms with Gasteiger partial charge in [-0.1, -0.05) is 12.5 Å². The van der Waals surface area contributed by atoms with Crippen molar-refractivity contribution < 1.29 is 4.39 Å². The predicted molar refractivity (Wildman–Crippen MR) is 71.2 cm³/mol. The topological polar surface area (TPSA) is 3.24 Å². The second-order valence-electron chi connectivity index (χ2n) is 4.71. The molecule has 1 nitrogen and oxygen atoms in total. The van der Waals surface area contributed by atoms with Crippen molar-refractivity contribution in [2.24, 2.45) is 5.92 Å². The zero-order valence-electron chi connectivity index (χ0n) is 10.3. The van der Waals surface area contributed by atoms with Gasteiger partial charge in [0.1, 0.15) is 5.82 Å². The highest BCUT2D eigenvalue weighted by Crippen LogP contribution is 2.31. The molecule has 0 radical (unpaired) electrons. The second-order valence-corrected chi connectivity index (χ2v) is 4.97. The van der Waals surface area contributed by atoms with E-state index in [9.17, 15) is 4.39 Å². The third kappa shape index (κ3) is 2.74. The lowest BCUT2D eigenvalue weighted by atomic mass is 9.85. The number of hydrogen-bond donors (Lipinski definition) is 0. The first-order valence-corrected chi connectivity index (χ1v) is 6.88. The van der Waals surface area contributed by atoms with E-state index in [0.29, 0.717) is 5.56 Å². The Kier molecular flexibility index (Phi) is 4.27. The van der Waals surface area contributed by atoms with Crippen LogP contribution in [-0.4, -0.2) is 13.1 Å². The minimum Gasteiger partial charge on any atom is -0.371 e. The fourth-order valence-corrected chi connectivity index (χ4v) is 2.63. The molecule has 0 atom stereocenters. The molecule has 0 bridgehead atoms. The summed E-state index contributed by atoms with van der Waals surface area (Å²) in [6.45, 7) is 4.05. The first kappa shape index (κ1) is 12.7. The first-order valence-electron chi connectivity index (χ1n) is 6.34. The Morgan fingerprint density at radius 1 is 1.41 bits per heavy atom. The lowest BCUT2D eigenvalue weighted by molar-refractivity contribution is 0.318. The average molecular weight is 256 g/mol. The number of anilines is 1. The molecule has 3 heteroatoms. The van der Waals surface area contributed by atoms with E-state index in [0.717, 1.165) is 24.7 Å². The SMILES string of the molecule is CCN(CC1CCC1)c1cccc(F)c1CCl. The van der Waals surface area contributed by atoms with Crippen LogP contribution >= 0.6 is 11.6 Å². The van der Waals surface area contributed by atoms with Crippen LogP contribution in [0.5, 0.6) is 0 Å². The van der Waals surface area contributed by atoms with Gasteiger partial charge in [0.2, 0.25) is 0 Å². The molecule has 0 unspecified atom stereocenters. The van der Waals surface area contributed by atoms with Crippen LogP contribution in [0.1, 0.15) is 31.7 Å². The Hall–Kier alpha value is -0.760. The highest BCUT2D eigenvalue weighted by Gasteiger charge is 2.21. The Labute approximate surface area is 108 Å². The minimum absolute atomic E-state index is 0.190. The van der Waals surface area contributed by atoms with Gasteiger partial charge in [0.25, 0.3) is 0 Å². The van der Waals surface area contributed by atoms with Crippen LogP contribution in [0.3, 0.4) is 0 Å². The van der Waals surface area contributed by atoms with Gasteiger partial charge in [-0.25, -0.2) is 4.39 Å². The van der Waals surface area contributed by atoms with Gasteiger partial charge < -0.3 is 4.90 Å². The summed E-state index contributed by atoms with van der Waals surface area (Å²) in [5, 5.41) is 0. The quantitative estimate of drug-likeness (QED) is 0.713. The highest BCUT2D eigenvalue weighted by molar-refractivity contribution is 6.17. The van der Waals surface area contributed by atoms with Crippen molar-refractivity contribution in [1.29, 1.82) is 0 Å². The van der Waals surface area contributed by atoms with Crippen molar-refractivity contribution in [3.05, 3.63) is 29.6 Å². The van der Waals surface area contributed by atoms with Gasteiger partial charge in [0.05, 0.1) is 5.88 Å². The van der Waals surface area contributed by atoms with E-state index in [1.165, 1.54) is 25.3 Å². The number of alkyl halides is 1. The van der Waals surface area contributed by atoms with E-state index in [1.54, 1.807) is 6.07 Å². The van der Waals surface area contributed by atoms with E-state index < -0.39 is 0 Å². The second kappa shape index (κ2) is 5.72. The third-order valence-electron chi connectivity index (χ3n) is 3.65. The van der Waals surface area contributed by atoms with Crippen LogP contribution in [0, 0.1) is 11.7 Å². The number of rotatable bonds is 5. The summed E-state index contributed by atoms with van der Waals surface area (Å²) in [4.78, 5) is 2.25. The molecule has 0 aromatic heterocycles. The van der Waals surface area contributed by atoms with Gasteiger partial charge in [-0.2, -0.15) is 0 Å². The van der Waals surface area contributed by atoms with E-state index >= 15 is 0 Å². The standard InChI is InChI=1S/C14H19ClFN/c1-2-17(10-11-5-3-6-11)14-8-4-7-13(16)12(14)9-15/h4,7-8,11H,2-3,5-6,9-10H2,1H3. The fourth-order valence-electron chi connectivity index (χ4n) is 2.36. The van der Waals surface area contributed by atoms with E-state index in [-0.39, 0.29) is 11.7 Å². The van der Waals surface area contributed by atoms with Gasteiger partial charge in [-0.15, -0.1) is 11.6 Å². The van der Waals surface area contributed by atoms with Crippen LogP contribution in [-0.2, 0) is 5.88 Å². The molecule has 0 saturated heterocycles. The number of hydrogen-bond acceptors (Lipinski definition) is 1. The molecule has 1 aliphatic rings. The molecule has 0 aliphatic heterocycles. The van der Waals surface area contributed by atoms with Crippen molar-refractivity contribution in [2.45, 2.75) is 32.1 Å². The van der Waals surface area contributed by atoms with E-state index in [4.69, 9.17) is 11.6 Å². The van der Waals surface area contributed by atoms with Gasteiger partial charge in [-0.05, 0) is 37.8 Å². The van der Waals surface area contributed by atoms with Crippen LogP contribution in [0.25, 0.3) is 0 Å². The molecule has 94 valence electrons. The Balaban J connectivity index is 2.19. The number of nitrogens with zero attached hydrogens (tertiary/aromatic N) is 1. The molecule has 1 aromatic rings. The molecular formula is C14H19ClFN. The predicted octanol–water partition coefficient (Wildman–Crippen LogP) is 4.19. The fraction of sp³-hybridized carbons (Fsp3) is 0.571. The number of benzene rings is 1. The van der Waals surface area contributed by atoms with Crippen LogP contribution in [0.4, 0.5) is 10.1 Å². The summed E-state index contributed by atoms with van der Waals surface area (Å²) < 4.78 is 13.7. The zero-order chi connectivity index (χ0) is 12.3. The largest absolute Gasteiger partial charge is 0.371 e.